The second-order valence-electron chi connectivity index (χ2n) is 3.36. The Kier molecular flexibility index (Phi) is 2.97. The molecule has 0 N–H and O–H groups in total. The van der Waals surface area contributed by atoms with E-state index >= 15 is 0 Å². The molecule has 0 heterocycles. The minimum atomic E-state index is -2.65. The number of hydrogen-bond donors (Lipinski definition) is 1. The van der Waals surface area contributed by atoms with Gasteiger partial charge in [-0.25, -0.2) is 8.78 Å². The van der Waals surface area contributed by atoms with Crippen LogP contribution in [0.1, 0.15) is 25.7 Å². The zero-order valence-electron chi connectivity index (χ0n) is 7.35. The number of rotatable bonds is 2. The molecule has 0 aromatic heterocycles. The number of carbonyl (C=O) groups is 1. The summed E-state index contributed by atoms with van der Waals surface area (Å²) in [6.07, 6.45) is -0.488. The van der Waals surface area contributed by atoms with E-state index in [4.69, 9.17) is 4.74 Å². The lowest BCUT2D eigenvalue weighted by Crippen LogP contribution is -2.44. The van der Waals surface area contributed by atoms with E-state index in [1.54, 1.807) is 0 Å². The minimum Gasteiger partial charge on any atom is -0.369 e. The fraction of sp³-hybridized carbons (Fsp3) is 0.875. The second kappa shape index (κ2) is 3.53. The Labute approximate surface area is 81.0 Å². The quantitative estimate of drug-likeness (QED) is 0.706. The maximum Gasteiger partial charge on any atom is 0.248 e. The molecule has 0 atom stereocenters. The molecule has 0 aliphatic heterocycles. The summed E-state index contributed by atoms with van der Waals surface area (Å²) in [4.78, 5) is 11.1. The predicted molar refractivity (Wildman–Crippen MR) is 47.1 cm³/mol. The number of alkyl halides is 2. The van der Waals surface area contributed by atoms with Crippen molar-refractivity contribution in [1.82, 2.24) is 0 Å². The Morgan fingerprint density at radius 3 is 2.08 bits per heavy atom. The molecular weight excluding hydrogens is 198 g/mol. The van der Waals surface area contributed by atoms with Gasteiger partial charge in [-0.3, -0.25) is 4.79 Å². The summed E-state index contributed by atoms with van der Waals surface area (Å²) in [5, 5.41) is -0.453. The third-order valence-electron chi connectivity index (χ3n) is 2.57. The molecule has 0 unspecified atom stereocenters. The van der Waals surface area contributed by atoms with E-state index in [1.165, 1.54) is 7.11 Å². The molecule has 0 spiro atoms. The van der Waals surface area contributed by atoms with Crippen molar-refractivity contribution >= 4 is 17.7 Å². The van der Waals surface area contributed by atoms with Crippen LogP contribution in [0.3, 0.4) is 0 Å². The molecule has 5 heteroatoms. The van der Waals surface area contributed by atoms with Crippen molar-refractivity contribution in [3.05, 3.63) is 0 Å². The van der Waals surface area contributed by atoms with E-state index < -0.39 is 16.6 Å². The molecule has 0 radical (unpaired) electrons. The Bertz CT molecular complexity index is 208. The van der Waals surface area contributed by atoms with Gasteiger partial charge in [0.05, 0.1) is 0 Å². The van der Waals surface area contributed by atoms with Crippen LogP contribution in [0.25, 0.3) is 0 Å². The van der Waals surface area contributed by atoms with Crippen LogP contribution in [0.15, 0.2) is 0 Å². The molecule has 76 valence electrons. The zero-order valence-corrected chi connectivity index (χ0v) is 8.24. The monoisotopic (exact) mass is 210 g/mol. The van der Waals surface area contributed by atoms with Crippen molar-refractivity contribution in [2.45, 2.75) is 37.2 Å². The maximum absolute atomic E-state index is 12.8. The van der Waals surface area contributed by atoms with Gasteiger partial charge >= 0.3 is 0 Å². The number of methoxy groups -OCH3 is 1. The molecule has 1 aliphatic carbocycles. The van der Waals surface area contributed by atoms with E-state index in [1.807, 2.05) is 0 Å². The predicted octanol–water partition coefficient (Wildman–Crippen LogP) is 2.04. The molecule has 0 bridgehead atoms. The number of halogens is 2. The number of ether oxygens (including phenoxy) is 1. The molecule has 2 nitrogen and oxygen atoms in total. The van der Waals surface area contributed by atoms with Crippen LogP contribution in [0.4, 0.5) is 8.78 Å². The van der Waals surface area contributed by atoms with Gasteiger partial charge in [-0.15, -0.1) is 12.6 Å². The first kappa shape index (κ1) is 10.9. The first-order chi connectivity index (χ1) is 5.92. The molecule has 0 amide bonds. The summed E-state index contributed by atoms with van der Waals surface area (Å²) in [5.74, 6) is -2.65. The Hall–Kier alpha value is -0.160. The van der Waals surface area contributed by atoms with E-state index in [2.05, 4.69) is 12.6 Å². The maximum atomic E-state index is 12.8. The minimum absolute atomic E-state index is 0.0544. The molecule has 0 aromatic rings. The van der Waals surface area contributed by atoms with Gasteiger partial charge in [0.2, 0.25) is 11.0 Å². The van der Waals surface area contributed by atoms with Crippen molar-refractivity contribution in [2.75, 3.05) is 7.11 Å². The average molecular weight is 210 g/mol. The van der Waals surface area contributed by atoms with Crippen molar-refractivity contribution in [3.63, 3.8) is 0 Å². The van der Waals surface area contributed by atoms with Gasteiger partial charge in [-0.05, 0) is 12.8 Å². The van der Waals surface area contributed by atoms with Crippen molar-refractivity contribution in [3.8, 4) is 0 Å². The molecule has 1 saturated carbocycles. The Morgan fingerprint density at radius 1 is 1.31 bits per heavy atom. The van der Waals surface area contributed by atoms with Crippen LogP contribution in [0.2, 0.25) is 0 Å². The number of carbonyl (C=O) groups excluding carboxylic acids is 1. The number of hydrogen-bond acceptors (Lipinski definition) is 2. The SMILES string of the molecule is COC1(C(=O)S)CCC(F)(F)CC1. The largest absolute Gasteiger partial charge is 0.369 e. The fourth-order valence-corrected chi connectivity index (χ4v) is 1.84. The summed E-state index contributed by atoms with van der Waals surface area (Å²) in [7, 11) is 1.36. The van der Waals surface area contributed by atoms with Crippen LogP contribution in [-0.4, -0.2) is 23.7 Å². The van der Waals surface area contributed by atoms with Gasteiger partial charge in [0.15, 0.2) is 0 Å². The Morgan fingerprint density at radius 2 is 1.77 bits per heavy atom. The van der Waals surface area contributed by atoms with Crippen LogP contribution in [0.5, 0.6) is 0 Å². The summed E-state index contributed by atoms with van der Waals surface area (Å²) in [6.45, 7) is 0. The fourth-order valence-electron chi connectivity index (χ4n) is 1.52. The van der Waals surface area contributed by atoms with Gasteiger partial charge in [-0.2, -0.15) is 0 Å². The highest BCUT2D eigenvalue weighted by atomic mass is 32.1. The third-order valence-corrected chi connectivity index (χ3v) is 2.98. The molecule has 1 aliphatic rings. The van der Waals surface area contributed by atoms with Crippen molar-refractivity contribution in [1.29, 1.82) is 0 Å². The van der Waals surface area contributed by atoms with Gasteiger partial charge < -0.3 is 4.74 Å². The first-order valence-electron chi connectivity index (χ1n) is 4.08. The smallest absolute Gasteiger partial charge is 0.248 e. The highest BCUT2D eigenvalue weighted by Crippen LogP contribution is 2.41. The highest BCUT2D eigenvalue weighted by Gasteiger charge is 2.46. The summed E-state index contributed by atoms with van der Waals surface area (Å²) in [5.41, 5.74) is -1.08. The van der Waals surface area contributed by atoms with Gasteiger partial charge in [0.25, 0.3) is 0 Å². The van der Waals surface area contributed by atoms with Crippen LogP contribution in [-0.2, 0) is 9.53 Å². The standard InChI is InChI=1S/C8H12F2O2S/c1-12-7(6(11)13)2-4-8(9,10)5-3-7/h2-5H2,1H3,(H,11,13). The molecule has 0 aromatic carbocycles. The van der Waals surface area contributed by atoms with Gasteiger partial charge in [0, 0.05) is 20.0 Å². The molecular formula is C8H12F2O2S. The van der Waals surface area contributed by atoms with Gasteiger partial charge in [0.1, 0.15) is 5.60 Å². The topological polar surface area (TPSA) is 26.3 Å². The number of thiol groups is 1. The van der Waals surface area contributed by atoms with Gasteiger partial charge in [-0.1, -0.05) is 0 Å². The van der Waals surface area contributed by atoms with E-state index in [0.29, 0.717) is 0 Å². The van der Waals surface area contributed by atoms with Crippen LogP contribution in [0, 0.1) is 0 Å². The highest BCUT2D eigenvalue weighted by molar-refractivity contribution is 7.96. The van der Waals surface area contributed by atoms with Crippen LogP contribution >= 0.6 is 12.6 Å². The molecule has 1 rings (SSSR count). The first-order valence-corrected chi connectivity index (χ1v) is 4.53. The third kappa shape index (κ3) is 2.20. The molecule has 1 fully saturated rings. The van der Waals surface area contributed by atoms with E-state index in [0.717, 1.165) is 0 Å². The van der Waals surface area contributed by atoms with Crippen molar-refractivity contribution in [2.24, 2.45) is 0 Å². The Balaban J connectivity index is 2.69. The second-order valence-corrected chi connectivity index (χ2v) is 3.77. The normalized spacial score (nSPS) is 25.5. The zero-order chi connectivity index (χ0) is 10.1. The summed E-state index contributed by atoms with van der Waals surface area (Å²) < 4.78 is 30.5. The lowest BCUT2D eigenvalue weighted by Gasteiger charge is -2.36. The summed E-state index contributed by atoms with van der Waals surface area (Å²) in [6, 6.07) is 0. The summed E-state index contributed by atoms with van der Waals surface area (Å²) >= 11 is 3.65. The lowest BCUT2D eigenvalue weighted by molar-refractivity contribution is -0.148. The lowest BCUT2D eigenvalue weighted by atomic mass is 9.83. The van der Waals surface area contributed by atoms with Crippen molar-refractivity contribution < 1.29 is 18.3 Å². The van der Waals surface area contributed by atoms with Crippen LogP contribution < -0.4 is 0 Å². The molecule has 0 saturated heterocycles. The van der Waals surface area contributed by atoms with E-state index in [-0.39, 0.29) is 25.7 Å². The molecule has 13 heavy (non-hydrogen) atoms. The average Bonchev–Trinajstić information content (AvgIpc) is 2.05. The van der Waals surface area contributed by atoms with E-state index in [9.17, 15) is 13.6 Å².